The van der Waals surface area contributed by atoms with Crippen molar-refractivity contribution in [1.82, 2.24) is 14.9 Å². The zero-order valence-electron chi connectivity index (χ0n) is 14.8. The van der Waals surface area contributed by atoms with Crippen LogP contribution in [0.3, 0.4) is 0 Å². The molecular weight excluding hydrogens is 431 g/mol. The molecule has 0 saturated carbocycles. The minimum Gasteiger partial charge on any atom is -0.381 e. The van der Waals surface area contributed by atoms with Gasteiger partial charge >= 0.3 is 0 Å². The van der Waals surface area contributed by atoms with E-state index >= 15 is 0 Å². The van der Waals surface area contributed by atoms with Crippen LogP contribution >= 0.6 is 24.0 Å². The van der Waals surface area contributed by atoms with Gasteiger partial charge in [-0.05, 0) is 27.2 Å². The Kier molecular flexibility index (Phi) is 9.94. The maximum absolute atomic E-state index is 11.4. The molecule has 0 amide bonds. The van der Waals surface area contributed by atoms with E-state index in [0.29, 0.717) is 12.5 Å². The molecule has 138 valence electrons. The summed E-state index contributed by atoms with van der Waals surface area (Å²) in [5.74, 6) is 1.31. The summed E-state index contributed by atoms with van der Waals surface area (Å²) in [7, 11) is -1.25. The number of ether oxygens (including phenoxy) is 1. The molecule has 1 aliphatic rings. The van der Waals surface area contributed by atoms with Gasteiger partial charge in [-0.3, -0.25) is 4.99 Å². The van der Waals surface area contributed by atoms with Gasteiger partial charge in [0, 0.05) is 38.2 Å². The highest BCUT2D eigenvalue weighted by Gasteiger charge is 2.23. The maximum Gasteiger partial charge on any atom is 0.209 e. The highest BCUT2D eigenvalue weighted by atomic mass is 127. The average Bonchev–Trinajstić information content (AvgIpc) is 2.84. The van der Waals surface area contributed by atoms with Gasteiger partial charge in [-0.25, -0.2) is 13.1 Å². The monoisotopic (exact) mass is 462 g/mol. The summed E-state index contributed by atoms with van der Waals surface area (Å²) >= 11 is 0. The van der Waals surface area contributed by atoms with Crippen LogP contribution in [0, 0.1) is 5.92 Å². The zero-order chi connectivity index (χ0) is 16.8. The van der Waals surface area contributed by atoms with E-state index in [4.69, 9.17) is 4.74 Å². The van der Waals surface area contributed by atoms with Crippen molar-refractivity contribution in [2.24, 2.45) is 10.9 Å². The topological polar surface area (TPSA) is 83.0 Å². The van der Waals surface area contributed by atoms with Crippen LogP contribution in [0.15, 0.2) is 4.99 Å². The largest absolute Gasteiger partial charge is 0.381 e. The van der Waals surface area contributed by atoms with Crippen LogP contribution < -0.4 is 10.0 Å². The zero-order valence-corrected chi connectivity index (χ0v) is 17.9. The molecule has 0 aliphatic carbocycles. The third-order valence-corrected chi connectivity index (χ3v) is 4.26. The molecule has 1 unspecified atom stereocenters. The summed E-state index contributed by atoms with van der Waals surface area (Å²) < 4.78 is 30.8. The first-order valence-corrected chi connectivity index (χ1v) is 9.58. The van der Waals surface area contributed by atoms with Crippen LogP contribution in [0.5, 0.6) is 0 Å². The van der Waals surface area contributed by atoms with Crippen LogP contribution in [-0.4, -0.2) is 71.0 Å². The molecule has 0 spiro atoms. The predicted octanol–water partition coefficient (Wildman–Crippen LogP) is 0.866. The van der Waals surface area contributed by atoms with E-state index in [0.717, 1.165) is 44.9 Å². The lowest BCUT2D eigenvalue weighted by atomic mass is 10.1. The van der Waals surface area contributed by atoms with Gasteiger partial charge in [-0.15, -0.1) is 24.0 Å². The number of nitrogens with one attached hydrogen (secondary N) is 2. The smallest absolute Gasteiger partial charge is 0.209 e. The lowest BCUT2D eigenvalue weighted by Gasteiger charge is -2.27. The van der Waals surface area contributed by atoms with E-state index < -0.39 is 15.6 Å². The third kappa shape index (κ3) is 9.68. The molecule has 1 atom stereocenters. The molecule has 1 heterocycles. The predicted molar refractivity (Wildman–Crippen MR) is 105 cm³/mol. The molecule has 23 heavy (non-hydrogen) atoms. The molecule has 9 heteroatoms. The fraction of sp³-hybridized carbons (Fsp3) is 0.929. The minimum atomic E-state index is -3.25. The quantitative estimate of drug-likeness (QED) is 0.333. The summed E-state index contributed by atoms with van der Waals surface area (Å²) in [5, 5.41) is 3.25. The summed E-state index contributed by atoms with van der Waals surface area (Å²) in [6, 6.07) is 0. The van der Waals surface area contributed by atoms with Crippen molar-refractivity contribution in [3.8, 4) is 0 Å². The number of halogens is 1. The van der Waals surface area contributed by atoms with E-state index in [2.05, 4.69) is 19.9 Å². The lowest BCUT2D eigenvalue weighted by Crippen LogP contribution is -2.47. The SMILES string of the molecule is CCNC(=NCC(C)(C)NS(C)(=O)=O)N(C)CC1CCOC1.I. The molecule has 7 nitrogen and oxygen atoms in total. The first-order valence-electron chi connectivity index (χ1n) is 7.69. The molecule has 0 bridgehead atoms. The van der Waals surface area contributed by atoms with E-state index in [1.165, 1.54) is 0 Å². The average molecular weight is 462 g/mol. The van der Waals surface area contributed by atoms with Gasteiger partial charge in [0.05, 0.1) is 19.4 Å². The van der Waals surface area contributed by atoms with Crippen LogP contribution in [0.4, 0.5) is 0 Å². The molecular formula is C14H31IN4O3S. The van der Waals surface area contributed by atoms with Crippen molar-refractivity contribution in [2.45, 2.75) is 32.7 Å². The Hall–Kier alpha value is -0.130. The summed E-state index contributed by atoms with van der Waals surface area (Å²) in [4.78, 5) is 6.66. The Morgan fingerprint density at radius 2 is 2.09 bits per heavy atom. The van der Waals surface area contributed by atoms with Crippen LogP contribution in [-0.2, 0) is 14.8 Å². The van der Waals surface area contributed by atoms with Gasteiger partial charge in [0.1, 0.15) is 0 Å². The van der Waals surface area contributed by atoms with Gasteiger partial charge in [0.2, 0.25) is 10.0 Å². The molecule has 2 N–H and O–H groups in total. The standard InChI is InChI=1S/C14H30N4O3S.HI/c1-6-15-13(18(4)9-12-7-8-21-10-12)16-11-14(2,3)17-22(5,19)20;/h12,17H,6-11H2,1-5H3,(H,15,16);1H. The molecule has 0 aromatic heterocycles. The fourth-order valence-electron chi connectivity index (χ4n) is 2.48. The van der Waals surface area contributed by atoms with Gasteiger partial charge in [-0.1, -0.05) is 0 Å². The lowest BCUT2D eigenvalue weighted by molar-refractivity contribution is 0.181. The Balaban J connectivity index is 0.00000484. The first-order chi connectivity index (χ1) is 10.1. The second kappa shape index (κ2) is 10.00. The minimum absolute atomic E-state index is 0. The van der Waals surface area contributed by atoms with E-state index in [-0.39, 0.29) is 24.0 Å². The Morgan fingerprint density at radius 1 is 1.43 bits per heavy atom. The van der Waals surface area contributed by atoms with E-state index in [1.807, 2.05) is 27.8 Å². The molecule has 1 saturated heterocycles. The number of guanidine groups is 1. The van der Waals surface area contributed by atoms with E-state index in [9.17, 15) is 8.42 Å². The molecule has 0 aromatic carbocycles. The van der Waals surface area contributed by atoms with Gasteiger partial charge in [0.15, 0.2) is 5.96 Å². The first kappa shape index (κ1) is 22.9. The van der Waals surface area contributed by atoms with Crippen molar-refractivity contribution >= 4 is 40.0 Å². The van der Waals surface area contributed by atoms with Gasteiger partial charge in [-0.2, -0.15) is 0 Å². The van der Waals surface area contributed by atoms with E-state index in [1.54, 1.807) is 0 Å². The third-order valence-electron chi connectivity index (χ3n) is 3.34. The van der Waals surface area contributed by atoms with Crippen LogP contribution in [0.1, 0.15) is 27.2 Å². The van der Waals surface area contributed by atoms with Crippen molar-refractivity contribution in [3.63, 3.8) is 0 Å². The van der Waals surface area contributed by atoms with Crippen molar-refractivity contribution in [3.05, 3.63) is 0 Å². The highest BCUT2D eigenvalue weighted by molar-refractivity contribution is 14.0. The van der Waals surface area contributed by atoms with Gasteiger partial charge in [0.25, 0.3) is 0 Å². The number of hydrogen-bond donors (Lipinski definition) is 2. The Labute approximate surface area is 157 Å². The second-order valence-corrected chi connectivity index (χ2v) is 8.29. The van der Waals surface area contributed by atoms with Crippen LogP contribution in [0.25, 0.3) is 0 Å². The number of rotatable bonds is 7. The second-order valence-electron chi connectivity index (χ2n) is 6.54. The summed E-state index contributed by atoms with van der Waals surface area (Å²) in [6.07, 6.45) is 2.24. The number of aliphatic imine (C=N–C) groups is 1. The highest BCUT2D eigenvalue weighted by Crippen LogP contribution is 2.13. The molecule has 1 aliphatic heterocycles. The molecule has 0 radical (unpaired) electrons. The van der Waals surface area contributed by atoms with Crippen LogP contribution in [0.2, 0.25) is 0 Å². The molecule has 1 fully saturated rings. The Morgan fingerprint density at radius 3 is 2.57 bits per heavy atom. The Bertz CT molecular complexity index is 476. The molecule has 0 aromatic rings. The fourth-order valence-corrected chi connectivity index (χ4v) is 3.55. The summed E-state index contributed by atoms with van der Waals surface area (Å²) in [5.41, 5.74) is -0.619. The van der Waals surface area contributed by atoms with Crippen molar-refractivity contribution < 1.29 is 13.2 Å². The van der Waals surface area contributed by atoms with Crippen molar-refractivity contribution in [1.29, 1.82) is 0 Å². The number of sulfonamides is 1. The number of nitrogens with zero attached hydrogens (tertiary/aromatic N) is 2. The summed E-state index contributed by atoms with van der Waals surface area (Å²) in [6.45, 7) is 9.31. The normalized spacial score (nSPS) is 19.3. The molecule has 1 rings (SSSR count). The number of hydrogen-bond acceptors (Lipinski definition) is 4. The van der Waals surface area contributed by atoms with Crippen molar-refractivity contribution in [2.75, 3.05) is 46.2 Å². The maximum atomic E-state index is 11.4. The van der Waals surface area contributed by atoms with Gasteiger partial charge < -0.3 is 15.0 Å².